The molecule has 0 saturated carbocycles. The fourth-order valence-corrected chi connectivity index (χ4v) is 1.03. The van der Waals surface area contributed by atoms with Gasteiger partial charge >= 0.3 is 0 Å². The Kier molecular flexibility index (Phi) is 3.99. The molecule has 0 bridgehead atoms. The van der Waals surface area contributed by atoms with Crippen molar-refractivity contribution in [1.29, 1.82) is 5.26 Å². The van der Waals surface area contributed by atoms with Gasteiger partial charge in [0, 0.05) is 0 Å². The van der Waals surface area contributed by atoms with Gasteiger partial charge in [-0.1, -0.05) is 12.2 Å². The molecule has 64 valence electrons. The van der Waals surface area contributed by atoms with Crippen molar-refractivity contribution in [3.05, 3.63) is 25.3 Å². The van der Waals surface area contributed by atoms with Crippen LogP contribution in [-0.2, 0) is 4.79 Å². The Hall–Kier alpha value is -1.36. The van der Waals surface area contributed by atoms with Crippen LogP contribution in [0, 0.1) is 16.7 Å². The molecule has 0 aromatic rings. The molecule has 0 fully saturated rings. The lowest BCUT2D eigenvalue weighted by molar-refractivity contribution is -0.123. The zero-order valence-corrected chi connectivity index (χ0v) is 7.34. The van der Waals surface area contributed by atoms with E-state index < -0.39 is 5.41 Å². The summed E-state index contributed by atoms with van der Waals surface area (Å²) in [5, 5.41) is 8.84. The third kappa shape index (κ3) is 2.06. The lowest BCUT2D eigenvalue weighted by Gasteiger charge is -2.19. The number of nitriles is 1. The molecule has 0 aromatic heterocycles. The topological polar surface area (TPSA) is 40.9 Å². The summed E-state index contributed by atoms with van der Waals surface area (Å²) in [5.41, 5.74) is -0.927. The summed E-state index contributed by atoms with van der Waals surface area (Å²) in [6.07, 6.45) is 3.97. The van der Waals surface area contributed by atoms with E-state index in [-0.39, 0.29) is 5.78 Å². The number of hydrogen-bond acceptors (Lipinski definition) is 2. The molecule has 0 aromatic carbocycles. The highest BCUT2D eigenvalue weighted by Gasteiger charge is 2.32. The van der Waals surface area contributed by atoms with Crippen molar-refractivity contribution in [2.75, 3.05) is 0 Å². The van der Waals surface area contributed by atoms with Crippen LogP contribution in [0.4, 0.5) is 0 Å². The van der Waals surface area contributed by atoms with E-state index in [1.807, 2.05) is 6.07 Å². The third-order valence-electron chi connectivity index (χ3n) is 1.87. The Balaban J connectivity index is 4.76. The maximum absolute atomic E-state index is 11.2. The number of carbonyl (C=O) groups is 1. The molecule has 0 unspecified atom stereocenters. The smallest absolute Gasteiger partial charge is 0.150 e. The number of nitrogens with zero attached hydrogens (tertiary/aromatic N) is 1. The van der Waals surface area contributed by atoms with E-state index in [9.17, 15) is 4.79 Å². The minimum absolute atomic E-state index is 0.121. The largest absolute Gasteiger partial charge is 0.298 e. The molecule has 0 rings (SSSR count). The summed E-state index contributed by atoms with van der Waals surface area (Å²) in [6.45, 7) is 8.47. The summed E-state index contributed by atoms with van der Waals surface area (Å²) in [7, 11) is 0. The van der Waals surface area contributed by atoms with Gasteiger partial charge in [0.05, 0.1) is 6.07 Å². The summed E-state index contributed by atoms with van der Waals surface area (Å²) >= 11 is 0. The van der Waals surface area contributed by atoms with Gasteiger partial charge in [-0.05, 0) is 19.8 Å². The van der Waals surface area contributed by atoms with Crippen molar-refractivity contribution in [2.45, 2.75) is 19.8 Å². The monoisotopic (exact) mass is 163 g/mol. The Morgan fingerprint density at radius 1 is 1.50 bits per heavy atom. The second kappa shape index (κ2) is 4.50. The minimum Gasteiger partial charge on any atom is -0.298 e. The van der Waals surface area contributed by atoms with Crippen molar-refractivity contribution in [3.63, 3.8) is 0 Å². The Labute approximate surface area is 73.2 Å². The number of Topliss-reactive ketones (excluding diaryl/α,β-unsaturated/α-hetero) is 1. The molecule has 0 radical (unpaired) electrons. The fourth-order valence-electron chi connectivity index (χ4n) is 1.03. The highest BCUT2D eigenvalue weighted by molar-refractivity contribution is 5.85. The van der Waals surface area contributed by atoms with Gasteiger partial charge in [-0.15, -0.1) is 13.2 Å². The van der Waals surface area contributed by atoms with E-state index >= 15 is 0 Å². The van der Waals surface area contributed by atoms with Crippen molar-refractivity contribution in [3.8, 4) is 6.07 Å². The average molecular weight is 163 g/mol. The van der Waals surface area contributed by atoms with Crippen LogP contribution >= 0.6 is 0 Å². The van der Waals surface area contributed by atoms with Crippen LogP contribution in [0.2, 0.25) is 0 Å². The molecule has 0 heterocycles. The Bertz CT molecular complexity index is 225. The molecule has 0 aliphatic rings. The van der Waals surface area contributed by atoms with Crippen LogP contribution in [0.1, 0.15) is 19.8 Å². The highest BCUT2D eigenvalue weighted by Crippen LogP contribution is 2.27. The predicted molar refractivity (Wildman–Crippen MR) is 48.4 cm³/mol. The van der Waals surface area contributed by atoms with Gasteiger partial charge in [0.2, 0.25) is 0 Å². The normalized spacial score (nSPS) is 10.0. The van der Waals surface area contributed by atoms with E-state index in [0.717, 1.165) is 0 Å². The summed E-state index contributed by atoms with van der Waals surface area (Å²) < 4.78 is 0. The molecule has 0 spiro atoms. The van der Waals surface area contributed by atoms with Crippen LogP contribution in [0.15, 0.2) is 25.3 Å². The first-order valence-electron chi connectivity index (χ1n) is 3.77. The molecule has 2 heteroatoms. The standard InChI is InChI=1S/C10H13NO/c1-4-6-10(8-11,7-5-2)9(3)12/h4-5H,1-2,6-7H2,3H3. The van der Waals surface area contributed by atoms with E-state index in [1.54, 1.807) is 12.2 Å². The van der Waals surface area contributed by atoms with Gasteiger partial charge < -0.3 is 0 Å². The van der Waals surface area contributed by atoms with Crippen molar-refractivity contribution < 1.29 is 4.79 Å². The van der Waals surface area contributed by atoms with Crippen molar-refractivity contribution in [2.24, 2.45) is 5.41 Å². The minimum atomic E-state index is -0.927. The SMILES string of the molecule is C=CCC(C#N)(CC=C)C(C)=O. The second-order valence-electron chi connectivity index (χ2n) is 2.74. The number of ketones is 1. The maximum atomic E-state index is 11.2. The first-order chi connectivity index (χ1) is 5.63. The Morgan fingerprint density at radius 2 is 1.92 bits per heavy atom. The second-order valence-corrected chi connectivity index (χ2v) is 2.74. The van der Waals surface area contributed by atoms with Crippen LogP contribution in [0.3, 0.4) is 0 Å². The molecule has 0 aliphatic carbocycles. The predicted octanol–water partition coefficient (Wildman–Crippen LogP) is 2.24. The number of allylic oxidation sites excluding steroid dienone is 2. The van der Waals surface area contributed by atoms with Gasteiger partial charge in [0.15, 0.2) is 5.78 Å². The van der Waals surface area contributed by atoms with Crippen LogP contribution in [0.25, 0.3) is 0 Å². The fraction of sp³-hybridized carbons (Fsp3) is 0.400. The lowest BCUT2D eigenvalue weighted by Crippen LogP contribution is -2.26. The van der Waals surface area contributed by atoms with Gasteiger partial charge in [-0.3, -0.25) is 4.79 Å². The molecular weight excluding hydrogens is 150 g/mol. The number of carbonyl (C=O) groups excluding carboxylic acids is 1. The number of hydrogen-bond donors (Lipinski definition) is 0. The average Bonchev–Trinajstić information content (AvgIpc) is 2.03. The molecule has 12 heavy (non-hydrogen) atoms. The molecule has 0 aliphatic heterocycles. The first kappa shape index (κ1) is 10.6. The van der Waals surface area contributed by atoms with E-state index in [2.05, 4.69) is 13.2 Å². The summed E-state index contributed by atoms with van der Waals surface area (Å²) in [4.78, 5) is 11.2. The van der Waals surface area contributed by atoms with Crippen LogP contribution in [-0.4, -0.2) is 5.78 Å². The third-order valence-corrected chi connectivity index (χ3v) is 1.87. The quantitative estimate of drug-likeness (QED) is 0.583. The van der Waals surface area contributed by atoms with Crippen molar-refractivity contribution >= 4 is 5.78 Å². The van der Waals surface area contributed by atoms with Crippen LogP contribution in [0.5, 0.6) is 0 Å². The van der Waals surface area contributed by atoms with Gasteiger partial charge in [0.25, 0.3) is 0 Å². The zero-order chi connectivity index (χ0) is 9.61. The van der Waals surface area contributed by atoms with Crippen LogP contribution < -0.4 is 0 Å². The van der Waals surface area contributed by atoms with E-state index in [1.165, 1.54) is 6.92 Å². The van der Waals surface area contributed by atoms with Crippen molar-refractivity contribution in [1.82, 2.24) is 0 Å². The molecule has 0 amide bonds. The molecular formula is C10H13NO. The summed E-state index contributed by atoms with van der Waals surface area (Å²) in [6, 6.07) is 2.02. The maximum Gasteiger partial charge on any atom is 0.150 e. The zero-order valence-electron chi connectivity index (χ0n) is 7.34. The van der Waals surface area contributed by atoms with Gasteiger partial charge in [0.1, 0.15) is 5.41 Å². The van der Waals surface area contributed by atoms with E-state index in [4.69, 9.17) is 5.26 Å². The van der Waals surface area contributed by atoms with Gasteiger partial charge in [-0.2, -0.15) is 5.26 Å². The van der Waals surface area contributed by atoms with Gasteiger partial charge in [-0.25, -0.2) is 0 Å². The first-order valence-corrected chi connectivity index (χ1v) is 3.77. The molecule has 0 atom stereocenters. The molecule has 2 nitrogen and oxygen atoms in total. The molecule has 0 N–H and O–H groups in total. The number of rotatable bonds is 5. The van der Waals surface area contributed by atoms with E-state index in [0.29, 0.717) is 12.8 Å². The Morgan fingerprint density at radius 3 is 2.08 bits per heavy atom. The highest BCUT2D eigenvalue weighted by atomic mass is 16.1. The lowest BCUT2D eigenvalue weighted by atomic mass is 9.79. The summed E-state index contributed by atoms with van der Waals surface area (Å²) in [5.74, 6) is -0.121. The molecule has 0 saturated heterocycles.